The van der Waals surface area contributed by atoms with Gasteiger partial charge in [-0.25, -0.2) is 0 Å². The van der Waals surface area contributed by atoms with Crippen molar-refractivity contribution in [2.24, 2.45) is 17.6 Å². The van der Waals surface area contributed by atoms with Gasteiger partial charge >= 0.3 is 5.97 Å². The number of unbranched alkanes of at least 4 members (excludes halogenated alkanes) is 3. The second-order valence-electron chi connectivity index (χ2n) is 4.98. The smallest absolute Gasteiger partial charge is 0.307 e. The summed E-state index contributed by atoms with van der Waals surface area (Å²) in [7, 11) is 0. The molecule has 0 fully saturated rings. The van der Waals surface area contributed by atoms with Crippen molar-refractivity contribution in [2.75, 3.05) is 0 Å². The first-order valence-corrected chi connectivity index (χ1v) is 6.47. The topological polar surface area (TPSA) is 63.3 Å². The minimum absolute atomic E-state index is 0.210. The fraction of sp³-hybridized carbons (Fsp3) is 0.923. The van der Waals surface area contributed by atoms with E-state index >= 15 is 0 Å². The molecule has 3 atom stereocenters. The minimum Gasteiger partial charge on any atom is -0.481 e. The van der Waals surface area contributed by atoms with Crippen LogP contribution in [0.1, 0.15) is 59.3 Å². The number of carboxylic acids is 1. The van der Waals surface area contributed by atoms with Gasteiger partial charge in [0.05, 0.1) is 5.92 Å². The summed E-state index contributed by atoms with van der Waals surface area (Å²) in [6.45, 7) is 6.06. The zero-order valence-electron chi connectivity index (χ0n) is 10.9. The summed E-state index contributed by atoms with van der Waals surface area (Å²) < 4.78 is 0. The van der Waals surface area contributed by atoms with Crippen molar-refractivity contribution in [1.82, 2.24) is 0 Å². The summed E-state index contributed by atoms with van der Waals surface area (Å²) in [5.74, 6) is -0.683. The van der Waals surface area contributed by atoms with Gasteiger partial charge in [0.1, 0.15) is 0 Å². The van der Waals surface area contributed by atoms with Gasteiger partial charge in [0.2, 0.25) is 0 Å². The van der Waals surface area contributed by atoms with Crippen LogP contribution in [0.5, 0.6) is 0 Å². The molecule has 0 aromatic carbocycles. The predicted octanol–water partition coefficient (Wildman–Crippen LogP) is 3.03. The highest BCUT2D eigenvalue weighted by atomic mass is 16.4. The van der Waals surface area contributed by atoms with Crippen LogP contribution in [-0.2, 0) is 4.79 Å². The van der Waals surface area contributed by atoms with Gasteiger partial charge < -0.3 is 10.8 Å². The summed E-state index contributed by atoms with van der Waals surface area (Å²) in [5, 5.41) is 8.83. The predicted molar refractivity (Wildman–Crippen MR) is 67.3 cm³/mol. The largest absolute Gasteiger partial charge is 0.481 e. The molecule has 3 nitrogen and oxygen atoms in total. The Kier molecular flexibility index (Phi) is 8.26. The zero-order chi connectivity index (χ0) is 12.6. The molecule has 0 saturated heterocycles. The van der Waals surface area contributed by atoms with Gasteiger partial charge in [-0.15, -0.1) is 0 Å². The van der Waals surface area contributed by atoms with Crippen LogP contribution in [0.2, 0.25) is 0 Å². The van der Waals surface area contributed by atoms with Crippen LogP contribution in [0.3, 0.4) is 0 Å². The van der Waals surface area contributed by atoms with Crippen LogP contribution in [0.15, 0.2) is 0 Å². The van der Waals surface area contributed by atoms with Gasteiger partial charge in [-0.2, -0.15) is 0 Å². The number of carbonyl (C=O) groups is 1. The lowest BCUT2D eigenvalue weighted by molar-refractivity contribution is -0.141. The molecule has 0 bridgehead atoms. The lowest BCUT2D eigenvalue weighted by Gasteiger charge is -2.20. The normalized spacial score (nSPS) is 16.8. The van der Waals surface area contributed by atoms with Crippen LogP contribution in [-0.4, -0.2) is 17.1 Å². The number of nitrogens with two attached hydrogens (primary N) is 1. The van der Waals surface area contributed by atoms with Crippen LogP contribution in [0.25, 0.3) is 0 Å². The molecule has 0 aliphatic rings. The summed E-state index contributed by atoms with van der Waals surface area (Å²) in [6.07, 6.45) is 7.06. The average molecular weight is 229 g/mol. The van der Waals surface area contributed by atoms with Crippen molar-refractivity contribution in [2.45, 2.75) is 65.3 Å². The van der Waals surface area contributed by atoms with Crippen molar-refractivity contribution < 1.29 is 9.90 Å². The van der Waals surface area contributed by atoms with Crippen LogP contribution >= 0.6 is 0 Å². The SMILES string of the molecule is CCCCCCC(C)CC(N)C(C)C(=O)O. The fourth-order valence-corrected chi connectivity index (χ4v) is 1.89. The Morgan fingerprint density at radius 1 is 1.25 bits per heavy atom. The van der Waals surface area contributed by atoms with E-state index in [2.05, 4.69) is 13.8 Å². The number of carboxylic acid groups (broad SMARTS) is 1. The third-order valence-electron chi connectivity index (χ3n) is 3.26. The van der Waals surface area contributed by atoms with Gasteiger partial charge in [-0.1, -0.05) is 52.9 Å². The van der Waals surface area contributed by atoms with Crippen molar-refractivity contribution in [3.05, 3.63) is 0 Å². The maximum atomic E-state index is 10.7. The van der Waals surface area contributed by atoms with Crippen molar-refractivity contribution in [3.63, 3.8) is 0 Å². The molecule has 3 N–H and O–H groups in total. The van der Waals surface area contributed by atoms with E-state index in [0.29, 0.717) is 5.92 Å². The summed E-state index contributed by atoms with van der Waals surface area (Å²) in [4.78, 5) is 10.7. The van der Waals surface area contributed by atoms with E-state index in [1.54, 1.807) is 6.92 Å². The molecule has 0 heterocycles. The van der Waals surface area contributed by atoms with E-state index in [1.165, 1.54) is 32.1 Å². The monoisotopic (exact) mass is 229 g/mol. The molecular formula is C13H27NO2. The fourth-order valence-electron chi connectivity index (χ4n) is 1.89. The van der Waals surface area contributed by atoms with E-state index in [1.807, 2.05) is 0 Å². The molecule has 0 aromatic heterocycles. The Labute approximate surface area is 99.4 Å². The van der Waals surface area contributed by atoms with Gasteiger partial charge in [0.25, 0.3) is 0 Å². The standard InChI is InChI=1S/C13H27NO2/c1-4-5-6-7-8-10(2)9-12(14)11(3)13(15)16/h10-12H,4-9,14H2,1-3H3,(H,15,16). The molecule has 96 valence electrons. The van der Waals surface area contributed by atoms with E-state index < -0.39 is 11.9 Å². The minimum atomic E-state index is -0.786. The highest BCUT2D eigenvalue weighted by Gasteiger charge is 2.21. The highest BCUT2D eigenvalue weighted by Crippen LogP contribution is 2.18. The Balaban J connectivity index is 3.69. The molecule has 3 unspecified atom stereocenters. The molecule has 0 radical (unpaired) electrons. The highest BCUT2D eigenvalue weighted by molar-refractivity contribution is 5.70. The van der Waals surface area contributed by atoms with Gasteiger partial charge in [0.15, 0.2) is 0 Å². The quantitative estimate of drug-likeness (QED) is 0.597. The van der Waals surface area contributed by atoms with Crippen molar-refractivity contribution >= 4 is 5.97 Å². The zero-order valence-corrected chi connectivity index (χ0v) is 10.9. The lowest BCUT2D eigenvalue weighted by atomic mass is 9.90. The summed E-state index contributed by atoms with van der Waals surface area (Å²) in [5.41, 5.74) is 5.87. The van der Waals surface area contributed by atoms with Gasteiger partial charge in [0, 0.05) is 6.04 Å². The molecule has 0 saturated carbocycles. The average Bonchev–Trinajstić information content (AvgIpc) is 2.23. The molecule has 0 rings (SSSR count). The van der Waals surface area contributed by atoms with E-state index in [4.69, 9.17) is 10.8 Å². The third-order valence-corrected chi connectivity index (χ3v) is 3.26. The van der Waals surface area contributed by atoms with Gasteiger partial charge in [-0.3, -0.25) is 4.79 Å². The van der Waals surface area contributed by atoms with E-state index in [-0.39, 0.29) is 6.04 Å². The molecule has 0 amide bonds. The van der Waals surface area contributed by atoms with Crippen LogP contribution < -0.4 is 5.73 Å². The number of hydrogen-bond acceptors (Lipinski definition) is 2. The maximum absolute atomic E-state index is 10.7. The Morgan fingerprint density at radius 2 is 1.88 bits per heavy atom. The Morgan fingerprint density at radius 3 is 2.38 bits per heavy atom. The number of hydrogen-bond donors (Lipinski definition) is 2. The molecule has 0 aromatic rings. The third kappa shape index (κ3) is 6.83. The van der Waals surface area contributed by atoms with E-state index in [9.17, 15) is 4.79 Å². The Hall–Kier alpha value is -0.570. The molecular weight excluding hydrogens is 202 g/mol. The second-order valence-corrected chi connectivity index (χ2v) is 4.98. The summed E-state index contributed by atoms with van der Waals surface area (Å²) >= 11 is 0. The summed E-state index contributed by atoms with van der Waals surface area (Å²) in [6, 6.07) is -0.210. The first-order chi connectivity index (χ1) is 7.49. The molecule has 0 aliphatic carbocycles. The van der Waals surface area contributed by atoms with Crippen LogP contribution in [0, 0.1) is 11.8 Å². The molecule has 0 spiro atoms. The van der Waals surface area contributed by atoms with Gasteiger partial charge in [-0.05, 0) is 12.3 Å². The lowest BCUT2D eigenvalue weighted by Crippen LogP contribution is -2.34. The first kappa shape index (κ1) is 15.4. The van der Waals surface area contributed by atoms with E-state index in [0.717, 1.165) is 6.42 Å². The van der Waals surface area contributed by atoms with Crippen molar-refractivity contribution in [1.29, 1.82) is 0 Å². The number of rotatable bonds is 9. The second kappa shape index (κ2) is 8.57. The molecule has 3 heteroatoms. The maximum Gasteiger partial charge on any atom is 0.307 e. The Bertz CT molecular complexity index is 194. The molecule has 16 heavy (non-hydrogen) atoms. The number of aliphatic carboxylic acids is 1. The van der Waals surface area contributed by atoms with Crippen LogP contribution in [0.4, 0.5) is 0 Å². The van der Waals surface area contributed by atoms with Crippen molar-refractivity contribution in [3.8, 4) is 0 Å². The molecule has 0 aliphatic heterocycles. The first-order valence-electron chi connectivity index (χ1n) is 6.47.